The topological polar surface area (TPSA) is 77.5 Å². The van der Waals surface area contributed by atoms with Crippen molar-refractivity contribution in [1.29, 1.82) is 0 Å². The van der Waals surface area contributed by atoms with Gasteiger partial charge in [-0.05, 0) is 31.0 Å². The van der Waals surface area contributed by atoms with E-state index in [4.69, 9.17) is 9.47 Å². The molecular formula is C16H18N2O4S. The van der Waals surface area contributed by atoms with Crippen molar-refractivity contribution in [2.45, 2.75) is 20.3 Å². The normalized spacial score (nSPS) is 10.2. The molecule has 6 nitrogen and oxygen atoms in total. The number of aromatic nitrogens is 1. The highest BCUT2D eigenvalue weighted by atomic mass is 32.1. The van der Waals surface area contributed by atoms with Crippen molar-refractivity contribution in [1.82, 2.24) is 4.98 Å². The summed E-state index contributed by atoms with van der Waals surface area (Å²) in [5.74, 6) is 0.0995. The number of benzene rings is 1. The van der Waals surface area contributed by atoms with E-state index in [0.29, 0.717) is 5.13 Å². The van der Waals surface area contributed by atoms with Gasteiger partial charge in [0.1, 0.15) is 5.75 Å². The molecule has 0 atom stereocenters. The van der Waals surface area contributed by atoms with Crippen LogP contribution in [0.1, 0.15) is 28.5 Å². The Morgan fingerprint density at radius 3 is 2.78 bits per heavy atom. The van der Waals surface area contributed by atoms with Gasteiger partial charge in [-0.1, -0.05) is 12.1 Å². The molecule has 0 saturated carbocycles. The third-order valence-corrected chi connectivity index (χ3v) is 3.82. The summed E-state index contributed by atoms with van der Waals surface area (Å²) in [6.07, 6.45) is 0.221. The number of hydrogen-bond acceptors (Lipinski definition) is 6. The molecule has 23 heavy (non-hydrogen) atoms. The standard InChI is InChI=1S/C16H18N2O4S/c1-4-22-15(20)12-9-23-16(17-12)18-14(19)8-11-5-6-13(21-3)10(2)7-11/h5-7,9H,4,8H2,1-3H3,(H,17,18,19). The van der Waals surface area contributed by atoms with Crippen molar-refractivity contribution in [3.63, 3.8) is 0 Å². The predicted octanol–water partition coefficient (Wildman–Crippen LogP) is 2.82. The van der Waals surface area contributed by atoms with Gasteiger partial charge in [0.25, 0.3) is 0 Å². The maximum absolute atomic E-state index is 12.1. The number of nitrogens with one attached hydrogen (secondary N) is 1. The largest absolute Gasteiger partial charge is 0.496 e. The van der Waals surface area contributed by atoms with Crippen molar-refractivity contribution >= 4 is 28.3 Å². The minimum absolute atomic E-state index is 0.195. The minimum atomic E-state index is -0.491. The maximum Gasteiger partial charge on any atom is 0.357 e. The quantitative estimate of drug-likeness (QED) is 0.822. The fourth-order valence-electron chi connectivity index (χ4n) is 2.03. The molecule has 0 spiro atoms. The van der Waals surface area contributed by atoms with E-state index < -0.39 is 5.97 Å². The Hall–Kier alpha value is -2.41. The zero-order chi connectivity index (χ0) is 16.8. The molecule has 0 aliphatic carbocycles. The lowest BCUT2D eigenvalue weighted by molar-refractivity contribution is -0.115. The number of hydrogen-bond donors (Lipinski definition) is 1. The van der Waals surface area contributed by atoms with Gasteiger partial charge in [0.05, 0.1) is 20.1 Å². The first-order valence-electron chi connectivity index (χ1n) is 7.09. The molecule has 1 aromatic heterocycles. The SMILES string of the molecule is CCOC(=O)c1csc(NC(=O)Cc2ccc(OC)c(C)c2)n1. The number of carbonyl (C=O) groups excluding carboxylic acids is 2. The monoisotopic (exact) mass is 334 g/mol. The highest BCUT2D eigenvalue weighted by Crippen LogP contribution is 2.20. The van der Waals surface area contributed by atoms with Gasteiger partial charge >= 0.3 is 5.97 Å². The summed E-state index contributed by atoms with van der Waals surface area (Å²) in [7, 11) is 1.61. The molecule has 2 aromatic rings. The number of esters is 1. The van der Waals surface area contributed by atoms with Crippen LogP contribution in [0.5, 0.6) is 5.75 Å². The Bertz CT molecular complexity index is 712. The molecule has 0 bridgehead atoms. The second-order valence-electron chi connectivity index (χ2n) is 4.79. The molecular weight excluding hydrogens is 316 g/mol. The summed E-state index contributed by atoms with van der Waals surface area (Å²) in [6.45, 7) is 3.94. The molecule has 1 aromatic carbocycles. The van der Waals surface area contributed by atoms with E-state index in [2.05, 4.69) is 10.3 Å². The highest BCUT2D eigenvalue weighted by molar-refractivity contribution is 7.14. The van der Waals surface area contributed by atoms with Crippen LogP contribution in [0.3, 0.4) is 0 Å². The number of methoxy groups -OCH3 is 1. The molecule has 1 amide bonds. The molecule has 7 heteroatoms. The van der Waals surface area contributed by atoms with Crippen molar-refractivity contribution in [2.24, 2.45) is 0 Å². The van der Waals surface area contributed by atoms with Crippen LogP contribution in [-0.4, -0.2) is 30.6 Å². The van der Waals surface area contributed by atoms with E-state index in [0.717, 1.165) is 16.9 Å². The molecule has 0 radical (unpaired) electrons. The zero-order valence-electron chi connectivity index (χ0n) is 13.2. The van der Waals surface area contributed by atoms with Crippen molar-refractivity contribution in [2.75, 3.05) is 19.0 Å². The van der Waals surface area contributed by atoms with Crippen LogP contribution in [0.15, 0.2) is 23.6 Å². The number of aryl methyl sites for hydroxylation is 1. The van der Waals surface area contributed by atoms with Crippen LogP contribution in [0.2, 0.25) is 0 Å². The van der Waals surface area contributed by atoms with Crippen LogP contribution in [0.4, 0.5) is 5.13 Å². The Balaban J connectivity index is 1.97. The third kappa shape index (κ3) is 4.53. The summed E-state index contributed by atoms with van der Waals surface area (Å²) < 4.78 is 10.1. The van der Waals surface area contributed by atoms with E-state index in [-0.39, 0.29) is 24.6 Å². The Kier molecular flexibility index (Phi) is 5.70. The third-order valence-electron chi connectivity index (χ3n) is 3.06. The van der Waals surface area contributed by atoms with Gasteiger partial charge in [-0.25, -0.2) is 9.78 Å². The Morgan fingerprint density at radius 2 is 2.13 bits per heavy atom. The first-order valence-corrected chi connectivity index (χ1v) is 7.97. The van der Waals surface area contributed by atoms with Crippen LogP contribution in [0.25, 0.3) is 0 Å². The van der Waals surface area contributed by atoms with E-state index in [1.54, 1.807) is 19.4 Å². The summed E-state index contributed by atoms with van der Waals surface area (Å²) in [5, 5.41) is 4.62. The fraction of sp³-hybridized carbons (Fsp3) is 0.312. The lowest BCUT2D eigenvalue weighted by atomic mass is 10.1. The number of anilines is 1. The van der Waals surface area contributed by atoms with Crippen LogP contribution >= 0.6 is 11.3 Å². The van der Waals surface area contributed by atoms with Gasteiger partial charge in [-0.2, -0.15) is 0 Å². The smallest absolute Gasteiger partial charge is 0.357 e. The average molecular weight is 334 g/mol. The van der Waals surface area contributed by atoms with E-state index in [9.17, 15) is 9.59 Å². The van der Waals surface area contributed by atoms with Gasteiger partial charge in [-0.15, -0.1) is 11.3 Å². The van der Waals surface area contributed by atoms with Crippen molar-refractivity contribution in [3.8, 4) is 5.75 Å². The molecule has 1 N–H and O–H groups in total. The lowest BCUT2D eigenvalue weighted by Gasteiger charge is -2.07. The molecule has 0 aliphatic heterocycles. The van der Waals surface area contributed by atoms with Gasteiger partial charge < -0.3 is 14.8 Å². The Labute approximate surface area is 138 Å². The van der Waals surface area contributed by atoms with Gasteiger partial charge in [0, 0.05) is 5.38 Å². The molecule has 0 fully saturated rings. The first-order chi connectivity index (χ1) is 11.0. The molecule has 0 unspecified atom stereocenters. The van der Waals surface area contributed by atoms with Crippen molar-refractivity contribution in [3.05, 3.63) is 40.4 Å². The second kappa shape index (κ2) is 7.73. The number of carbonyl (C=O) groups is 2. The van der Waals surface area contributed by atoms with Crippen LogP contribution in [0, 0.1) is 6.92 Å². The highest BCUT2D eigenvalue weighted by Gasteiger charge is 2.13. The molecule has 1 heterocycles. The summed E-state index contributed by atoms with van der Waals surface area (Å²) in [6, 6.07) is 5.59. The summed E-state index contributed by atoms with van der Waals surface area (Å²) in [4.78, 5) is 27.6. The molecule has 0 aliphatic rings. The molecule has 2 rings (SSSR count). The molecule has 122 valence electrons. The van der Waals surface area contributed by atoms with Crippen LogP contribution < -0.4 is 10.1 Å². The summed E-state index contributed by atoms with van der Waals surface area (Å²) >= 11 is 1.19. The number of amides is 1. The summed E-state index contributed by atoms with van der Waals surface area (Å²) in [5.41, 5.74) is 2.05. The average Bonchev–Trinajstić information content (AvgIpc) is 2.96. The van der Waals surface area contributed by atoms with Gasteiger partial charge in [-0.3, -0.25) is 4.79 Å². The first kappa shape index (κ1) is 17.0. The minimum Gasteiger partial charge on any atom is -0.496 e. The van der Waals surface area contributed by atoms with Crippen LogP contribution in [-0.2, 0) is 16.0 Å². The second-order valence-corrected chi connectivity index (χ2v) is 5.65. The number of ether oxygens (including phenoxy) is 2. The molecule has 0 saturated heterocycles. The number of nitrogens with zero attached hydrogens (tertiary/aromatic N) is 1. The number of rotatable bonds is 6. The van der Waals surface area contributed by atoms with E-state index in [1.165, 1.54) is 11.3 Å². The zero-order valence-corrected chi connectivity index (χ0v) is 14.0. The fourth-order valence-corrected chi connectivity index (χ4v) is 2.73. The van der Waals surface area contributed by atoms with Gasteiger partial charge in [0.2, 0.25) is 5.91 Å². The maximum atomic E-state index is 12.1. The van der Waals surface area contributed by atoms with Gasteiger partial charge in [0.15, 0.2) is 10.8 Å². The lowest BCUT2D eigenvalue weighted by Crippen LogP contribution is -2.14. The van der Waals surface area contributed by atoms with E-state index >= 15 is 0 Å². The predicted molar refractivity (Wildman–Crippen MR) is 88.1 cm³/mol. The van der Waals surface area contributed by atoms with E-state index in [1.807, 2.05) is 25.1 Å². The number of thiazole rings is 1. The van der Waals surface area contributed by atoms with Crippen molar-refractivity contribution < 1.29 is 19.1 Å². The Morgan fingerprint density at radius 1 is 1.35 bits per heavy atom.